The molecule has 3 aromatic rings. The summed E-state index contributed by atoms with van der Waals surface area (Å²) in [6.07, 6.45) is 4.27. The second kappa shape index (κ2) is 24.5. The second-order valence-electron chi connectivity index (χ2n) is 18.4. The Hall–Kier alpha value is -7.84. The summed E-state index contributed by atoms with van der Waals surface area (Å²) in [6, 6.07) is 8.88. The van der Waals surface area contributed by atoms with Crippen LogP contribution in [0, 0.1) is 19.3 Å². The van der Waals surface area contributed by atoms with Crippen molar-refractivity contribution in [1.29, 1.82) is 0 Å². The Morgan fingerprint density at radius 2 is 1.60 bits per heavy atom. The smallest absolute Gasteiger partial charge is 0.416 e. The maximum atomic E-state index is 14.3. The third kappa shape index (κ3) is 12.4. The number of anilines is 2. The predicted molar refractivity (Wildman–Crippen MR) is 267 cm³/mol. The van der Waals surface area contributed by atoms with E-state index in [-0.39, 0.29) is 73.1 Å². The van der Waals surface area contributed by atoms with Crippen molar-refractivity contribution < 1.29 is 82.4 Å². The lowest BCUT2D eigenvalue weighted by Gasteiger charge is -2.33. The Labute approximate surface area is 432 Å². The molecule has 22 heteroatoms. The third-order valence-electron chi connectivity index (χ3n) is 13.1. The topological polar surface area (TPSA) is 273 Å². The third-order valence-corrected chi connectivity index (χ3v) is 13.1. The lowest BCUT2D eigenvalue weighted by Crippen LogP contribution is -2.50. The van der Waals surface area contributed by atoms with Crippen LogP contribution in [0.5, 0.6) is 28.7 Å². The van der Waals surface area contributed by atoms with Crippen LogP contribution in [0.1, 0.15) is 90.6 Å². The van der Waals surface area contributed by atoms with Gasteiger partial charge >= 0.3 is 12.1 Å². The highest BCUT2D eigenvalue weighted by molar-refractivity contribution is 6.06. The van der Waals surface area contributed by atoms with Gasteiger partial charge in [0.05, 0.1) is 74.7 Å². The number of aliphatic hydroxyl groups is 3. The summed E-state index contributed by atoms with van der Waals surface area (Å²) in [6.45, 7) is 5.22. The molecule has 1 fully saturated rings. The average Bonchev–Trinajstić information content (AvgIpc) is 3.99. The zero-order chi connectivity index (χ0) is 54.1. The minimum absolute atomic E-state index is 0.0160. The van der Waals surface area contributed by atoms with E-state index in [1.54, 1.807) is 38.4 Å². The number of aliphatic carboxylic acids is 1. The molecule has 7 atom stereocenters. The number of aryl methyl sites for hydroxylation is 1. The number of carboxylic acids is 1. The molecule has 3 aromatic carbocycles. The number of hydrogen-bond acceptors (Lipinski definition) is 16. The van der Waals surface area contributed by atoms with E-state index in [0.717, 1.165) is 20.9 Å². The number of ether oxygens (including phenoxy) is 7. The van der Waals surface area contributed by atoms with E-state index in [1.165, 1.54) is 54.4 Å². The van der Waals surface area contributed by atoms with Crippen molar-refractivity contribution in [1.82, 2.24) is 15.1 Å². The number of carbonyl (C=O) groups is 6. The molecule has 4 heterocycles. The first kappa shape index (κ1) is 54.9. The van der Waals surface area contributed by atoms with Crippen LogP contribution in [0.4, 0.5) is 16.2 Å². The summed E-state index contributed by atoms with van der Waals surface area (Å²) >= 11 is 0. The fourth-order valence-electron chi connectivity index (χ4n) is 9.35. The van der Waals surface area contributed by atoms with Crippen LogP contribution in [-0.4, -0.2) is 144 Å². The highest BCUT2D eigenvalue weighted by Gasteiger charge is 2.45. The molecule has 75 heavy (non-hydrogen) atoms. The number of benzene rings is 3. The molecule has 7 rings (SSSR count). The fourth-order valence-corrected chi connectivity index (χ4v) is 9.35. The Bertz CT molecular complexity index is 2760. The molecule has 4 aliphatic heterocycles. The molecule has 0 saturated carbocycles. The number of hydrogen-bond donors (Lipinski definition) is 5. The lowest BCUT2D eigenvalue weighted by atomic mass is 10.0. The molecule has 5 N–H and O–H groups in total. The number of aliphatic hydroxyl groups excluding tert-OH is 3. The first-order valence-electron chi connectivity index (χ1n) is 24.2. The molecule has 0 aliphatic carbocycles. The molecular formula is C53H61N5O17. The number of unbranched alkanes of at least 4 members (excludes halogenated alkanes) is 2. The van der Waals surface area contributed by atoms with Gasteiger partial charge in [0, 0.05) is 37.4 Å². The number of nitrogens with one attached hydrogen (secondary N) is 1. The number of nitrogens with zero attached hydrogens (tertiary/aromatic N) is 4. The molecule has 0 radical (unpaired) electrons. The Balaban J connectivity index is 1.03. The number of fused-ring (bicyclic) bond motifs is 2. The molecule has 0 bridgehead atoms. The van der Waals surface area contributed by atoms with Crippen LogP contribution in [-0.2, 0) is 30.5 Å². The van der Waals surface area contributed by atoms with Gasteiger partial charge in [0.25, 0.3) is 11.8 Å². The molecule has 1 saturated heterocycles. The minimum atomic E-state index is -1.60. The molecule has 4 aliphatic rings. The van der Waals surface area contributed by atoms with Crippen LogP contribution in [0.15, 0.2) is 66.0 Å². The summed E-state index contributed by atoms with van der Waals surface area (Å²) < 4.78 is 40.7. The van der Waals surface area contributed by atoms with Crippen molar-refractivity contribution in [3.05, 3.63) is 88.3 Å². The minimum Gasteiger partial charge on any atom is -0.493 e. The molecule has 400 valence electrons. The summed E-state index contributed by atoms with van der Waals surface area (Å²) in [7, 11) is 2.89. The first-order valence-corrected chi connectivity index (χ1v) is 24.2. The average molecular weight is 1040 g/mol. The van der Waals surface area contributed by atoms with E-state index >= 15 is 0 Å². The van der Waals surface area contributed by atoms with Crippen molar-refractivity contribution in [3.63, 3.8) is 0 Å². The van der Waals surface area contributed by atoms with Gasteiger partial charge in [0.2, 0.25) is 19.1 Å². The van der Waals surface area contributed by atoms with Gasteiger partial charge in [-0.25, -0.2) is 14.5 Å². The molecule has 6 unspecified atom stereocenters. The maximum Gasteiger partial charge on any atom is 0.416 e. The van der Waals surface area contributed by atoms with E-state index in [2.05, 4.69) is 11.2 Å². The van der Waals surface area contributed by atoms with Crippen molar-refractivity contribution in [2.75, 3.05) is 43.8 Å². The normalized spacial score (nSPS) is 21.3. The van der Waals surface area contributed by atoms with Crippen molar-refractivity contribution >= 4 is 48.1 Å². The molecule has 0 aromatic heterocycles. The van der Waals surface area contributed by atoms with E-state index in [1.807, 2.05) is 6.92 Å². The van der Waals surface area contributed by atoms with E-state index in [0.29, 0.717) is 66.8 Å². The summed E-state index contributed by atoms with van der Waals surface area (Å²) in [5, 5.41) is 45.5. The van der Waals surface area contributed by atoms with E-state index in [4.69, 9.17) is 39.6 Å². The largest absolute Gasteiger partial charge is 0.493 e. The lowest BCUT2D eigenvalue weighted by molar-refractivity contribution is -0.195. The van der Waals surface area contributed by atoms with Gasteiger partial charge in [-0.3, -0.25) is 24.1 Å². The zero-order valence-corrected chi connectivity index (χ0v) is 42.1. The van der Waals surface area contributed by atoms with Gasteiger partial charge in [0.15, 0.2) is 41.6 Å². The first-order chi connectivity index (χ1) is 36.0. The second-order valence-corrected chi connectivity index (χ2v) is 18.4. The van der Waals surface area contributed by atoms with Crippen LogP contribution in [0.25, 0.3) is 0 Å². The Kier molecular flexibility index (Phi) is 17.9. The SMILES string of the molecule is C#CCNC(=O)c1cc(COC(=O)N2c3cc(OCCCCCOc4cc(N(C=O)C(O)C5CC(C)=CN5C=O)c(C)cc4OC)c(OC)cc3C(=O)N3C=C(C)CC3C2O)ccc1O[C@H]1CC(O)CC(C(=O)O)O1. The molecular weight excluding hydrogens is 979 g/mol. The van der Waals surface area contributed by atoms with Gasteiger partial charge in [-0.1, -0.05) is 23.1 Å². The number of rotatable bonds is 22. The standard InChI is InChI=1S/C53H61N5O17/c1-7-13-54-48(62)36-19-33(11-12-41(36)74-47-21-34(61)20-46(75-47)52(66)67)27-73-53(68)58-38-24-45(43(70-6)22-35(38)49(63)56-26-31(3)17-40(56)51(58)65)72-15-10-8-9-14-71-44-23-37(32(4)18-42(44)69-5)57(29-60)50(64)39-16-30(2)25-55(39)28-59/h1,11-12,18-19,22-26,28-29,34,39-40,46-47,50-51,61,64-65H,8-10,13-17,20-21,27H2,2-6H3,(H,54,62)(H,66,67)/t34?,39?,40?,46?,47-,50?,51?/m1/s1. The van der Waals surface area contributed by atoms with E-state index in [9.17, 15) is 49.2 Å². The van der Waals surface area contributed by atoms with Crippen LogP contribution >= 0.6 is 0 Å². The van der Waals surface area contributed by atoms with Crippen LogP contribution < -0.4 is 38.8 Å². The van der Waals surface area contributed by atoms with Crippen LogP contribution in [0.2, 0.25) is 0 Å². The van der Waals surface area contributed by atoms with Gasteiger partial charge in [0.1, 0.15) is 12.4 Å². The highest BCUT2D eigenvalue weighted by atomic mass is 16.7. The number of methoxy groups -OCH3 is 2. The number of carbonyl (C=O) groups excluding carboxylic acids is 5. The number of carboxylic acid groups (broad SMARTS) is 1. The fraction of sp³-hybridized carbons (Fsp3) is 0.434. The number of terminal acetylenes is 1. The van der Waals surface area contributed by atoms with Crippen molar-refractivity contribution in [2.45, 2.75) is 115 Å². The molecule has 0 spiro atoms. The van der Waals surface area contributed by atoms with Gasteiger partial charge in [-0.15, -0.1) is 6.42 Å². The monoisotopic (exact) mass is 1040 g/mol. The van der Waals surface area contributed by atoms with Gasteiger partial charge < -0.3 is 68.7 Å². The van der Waals surface area contributed by atoms with Gasteiger partial charge in [-0.2, -0.15) is 0 Å². The molecule has 22 nitrogen and oxygen atoms in total. The maximum absolute atomic E-state index is 14.3. The summed E-state index contributed by atoms with van der Waals surface area (Å²) in [4.78, 5) is 82.4. The van der Waals surface area contributed by atoms with Crippen molar-refractivity contribution in [2.24, 2.45) is 0 Å². The zero-order valence-electron chi connectivity index (χ0n) is 42.1. The van der Waals surface area contributed by atoms with Crippen molar-refractivity contribution in [3.8, 4) is 41.1 Å². The van der Waals surface area contributed by atoms with Gasteiger partial charge in [-0.05, 0) is 88.3 Å². The van der Waals surface area contributed by atoms with Crippen LogP contribution in [0.3, 0.4) is 0 Å². The molecule has 5 amide bonds. The number of amides is 5. The summed E-state index contributed by atoms with van der Waals surface area (Å²) in [5.41, 5.74) is 2.91. The Morgan fingerprint density at radius 1 is 0.907 bits per heavy atom. The summed E-state index contributed by atoms with van der Waals surface area (Å²) in [5.74, 6) is 0.919. The Morgan fingerprint density at radius 3 is 2.27 bits per heavy atom. The highest BCUT2D eigenvalue weighted by Crippen LogP contribution is 2.43. The predicted octanol–water partition coefficient (Wildman–Crippen LogP) is 4.34. The van der Waals surface area contributed by atoms with E-state index < -0.39 is 73.5 Å². The quantitative estimate of drug-likeness (QED) is 0.0405.